The third-order valence-corrected chi connectivity index (χ3v) is 9.72. The minimum atomic E-state index is 1.16. The molecule has 0 atom stereocenters. The smallest absolute Gasteiger partial charge is 0.0797 e. The first-order valence-corrected chi connectivity index (χ1v) is 16.3. The molecule has 0 N–H and O–H groups in total. The number of nitrogens with zero attached hydrogens (tertiary/aromatic N) is 2. The molecule has 0 aliphatic heterocycles. The Kier molecular flexibility index (Phi) is 6.91. The van der Waals surface area contributed by atoms with E-state index in [2.05, 4.69) is 143 Å². The van der Waals surface area contributed by atoms with Gasteiger partial charge in [-0.1, -0.05) is 121 Å². The molecule has 0 fully saturated rings. The van der Waals surface area contributed by atoms with Crippen molar-refractivity contribution in [3.8, 4) is 65.4 Å². The Hall–Kier alpha value is -5.16. The summed E-state index contributed by atoms with van der Waals surface area (Å²) in [6, 6.07) is 48.4. The number of benzene rings is 6. The fraction of sp³-hybridized carbons (Fsp3) is 0. The van der Waals surface area contributed by atoms with Gasteiger partial charge in [0.15, 0.2) is 0 Å². The number of hydrogen-bond donors (Lipinski definition) is 0. The molecule has 0 spiro atoms. The van der Waals surface area contributed by atoms with Crippen molar-refractivity contribution in [1.82, 2.24) is 9.97 Å². The largest absolute Gasteiger partial charge is 0.252 e. The van der Waals surface area contributed by atoms with E-state index >= 15 is 0 Å². The van der Waals surface area contributed by atoms with E-state index in [4.69, 9.17) is 0 Å². The molecule has 8 rings (SSSR count). The van der Waals surface area contributed by atoms with Crippen LogP contribution in [0.2, 0.25) is 0 Å². The third-order valence-electron chi connectivity index (χ3n) is 8.08. The molecule has 4 heteroatoms. The topological polar surface area (TPSA) is 25.8 Å². The van der Waals surface area contributed by atoms with Gasteiger partial charge in [-0.3, -0.25) is 9.97 Å². The van der Waals surface area contributed by atoms with Gasteiger partial charge in [-0.15, -0.1) is 22.7 Å². The minimum absolute atomic E-state index is 1.16. The zero-order chi connectivity index (χ0) is 29.3. The van der Waals surface area contributed by atoms with Crippen LogP contribution < -0.4 is 0 Å². The monoisotopic (exact) mass is 598 g/mol. The van der Waals surface area contributed by atoms with E-state index in [9.17, 15) is 0 Å². The van der Waals surface area contributed by atoms with Crippen LogP contribution >= 0.6 is 22.7 Å². The van der Waals surface area contributed by atoms with Gasteiger partial charge in [0.1, 0.15) is 0 Å². The van der Waals surface area contributed by atoms with E-state index in [0.29, 0.717) is 0 Å². The van der Waals surface area contributed by atoms with E-state index in [1.54, 1.807) is 22.7 Å². The first-order valence-electron chi connectivity index (χ1n) is 14.5. The average Bonchev–Trinajstić information content (AvgIpc) is 3.84. The highest BCUT2D eigenvalue weighted by Gasteiger charge is 2.24. The van der Waals surface area contributed by atoms with Gasteiger partial charge in [0.25, 0.3) is 0 Å². The van der Waals surface area contributed by atoms with E-state index in [1.165, 1.54) is 66.4 Å². The van der Waals surface area contributed by atoms with Crippen molar-refractivity contribution in [3.05, 3.63) is 157 Å². The standard InChI is InChI=1S/C40H26N2S2/c1-3-11-27(12-4-1)39-37(31-17-9-15-29(21-31)35-23-41-25-43-35)33-19-7-8-20-34(33)38(40(39)28-13-5-2-6-14-28)32-18-10-16-30(22-32)36-24-42-26-44-36/h1-26H. The van der Waals surface area contributed by atoms with Crippen molar-refractivity contribution in [2.75, 3.05) is 0 Å². The summed E-state index contributed by atoms with van der Waals surface area (Å²) >= 11 is 3.34. The Balaban J connectivity index is 1.54. The molecule has 0 saturated carbocycles. The van der Waals surface area contributed by atoms with Crippen LogP contribution in [-0.2, 0) is 0 Å². The van der Waals surface area contributed by atoms with E-state index < -0.39 is 0 Å². The van der Waals surface area contributed by atoms with Gasteiger partial charge < -0.3 is 0 Å². The summed E-state index contributed by atoms with van der Waals surface area (Å²) in [6.07, 6.45) is 3.91. The number of thiazole rings is 2. The second-order valence-electron chi connectivity index (χ2n) is 10.7. The van der Waals surface area contributed by atoms with Crippen LogP contribution in [0.3, 0.4) is 0 Å². The third kappa shape index (κ3) is 4.75. The number of rotatable bonds is 6. The van der Waals surface area contributed by atoms with Crippen molar-refractivity contribution >= 4 is 33.4 Å². The molecule has 0 aliphatic rings. The molecule has 0 amide bonds. The highest BCUT2D eigenvalue weighted by atomic mass is 32.1. The van der Waals surface area contributed by atoms with Gasteiger partial charge in [0, 0.05) is 12.4 Å². The van der Waals surface area contributed by atoms with Gasteiger partial charge in [-0.25, -0.2) is 0 Å². The van der Waals surface area contributed by atoms with Gasteiger partial charge in [0.05, 0.1) is 20.8 Å². The maximum atomic E-state index is 4.36. The minimum Gasteiger partial charge on any atom is -0.252 e. The number of fused-ring (bicyclic) bond motifs is 1. The summed E-state index contributed by atoms with van der Waals surface area (Å²) in [5.74, 6) is 0. The van der Waals surface area contributed by atoms with Crippen LogP contribution in [0, 0.1) is 0 Å². The highest BCUT2D eigenvalue weighted by molar-refractivity contribution is 7.13. The maximum Gasteiger partial charge on any atom is 0.0797 e. The van der Waals surface area contributed by atoms with Gasteiger partial charge in [-0.2, -0.15) is 0 Å². The lowest BCUT2D eigenvalue weighted by molar-refractivity contribution is 1.42. The van der Waals surface area contributed by atoms with E-state index in [0.717, 1.165) is 9.75 Å². The molecule has 0 radical (unpaired) electrons. The molecule has 6 aromatic carbocycles. The Bertz CT molecular complexity index is 2040. The summed E-state index contributed by atoms with van der Waals surface area (Å²) in [5.41, 5.74) is 15.8. The SMILES string of the molecule is c1ccc(-c2c(-c3ccccc3)c(-c3cccc(-c4cncs4)c3)c3ccccc3c2-c2cccc(-c3cncs3)c2)cc1. The first kappa shape index (κ1) is 26.5. The van der Waals surface area contributed by atoms with E-state index in [-0.39, 0.29) is 0 Å². The average molecular weight is 599 g/mol. The summed E-state index contributed by atoms with van der Waals surface area (Å²) in [7, 11) is 0. The summed E-state index contributed by atoms with van der Waals surface area (Å²) in [4.78, 5) is 11.0. The van der Waals surface area contributed by atoms with Crippen molar-refractivity contribution in [2.24, 2.45) is 0 Å². The zero-order valence-corrected chi connectivity index (χ0v) is 25.4. The molecule has 0 unspecified atom stereocenters. The normalized spacial score (nSPS) is 11.2. The number of hydrogen-bond acceptors (Lipinski definition) is 4. The highest BCUT2D eigenvalue weighted by Crippen LogP contribution is 2.51. The van der Waals surface area contributed by atoms with Gasteiger partial charge >= 0.3 is 0 Å². The fourth-order valence-electron chi connectivity index (χ4n) is 6.20. The van der Waals surface area contributed by atoms with Crippen LogP contribution in [0.1, 0.15) is 0 Å². The van der Waals surface area contributed by atoms with Crippen molar-refractivity contribution in [2.45, 2.75) is 0 Å². The molecule has 208 valence electrons. The first-order chi connectivity index (χ1) is 21.8. The maximum absolute atomic E-state index is 4.36. The van der Waals surface area contributed by atoms with Crippen molar-refractivity contribution in [3.63, 3.8) is 0 Å². The Morgan fingerprint density at radius 2 is 0.727 bits per heavy atom. The second-order valence-corrected chi connectivity index (χ2v) is 12.4. The van der Waals surface area contributed by atoms with Crippen molar-refractivity contribution in [1.29, 1.82) is 0 Å². The lowest BCUT2D eigenvalue weighted by Gasteiger charge is -2.24. The van der Waals surface area contributed by atoms with Crippen LogP contribution in [0.4, 0.5) is 0 Å². The molecule has 2 aromatic heterocycles. The molecule has 0 aliphatic carbocycles. The predicted octanol–water partition coefficient (Wildman–Crippen LogP) is 11.8. The Morgan fingerprint density at radius 3 is 1.14 bits per heavy atom. The van der Waals surface area contributed by atoms with Crippen LogP contribution in [0.25, 0.3) is 76.2 Å². The predicted molar refractivity (Wildman–Crippen MR) is 188 cm³/mol. The van der Waals surface area contributed by atoms with Crippen molar-refractivity contribution < 1.29 is 0 Å². The molecule has 44 heavy (non-hydrogen) atoms. The molecule has 8 aromatic rings. The molecule has 0 bridgehead atoms. The quantitative estimate of drug-likeness (QED) is 0.190. The summed E-state index contributed by atoms with van der Waals surface area (Å²) < 4.78 is 0. The van der Waals surface area contributed by atoms with Gasteiger partial charge in [-0.05, 0) is 78.5 Å². The Labute approximate surface area is 264 Å². The summed E-state index contributed by atoms with van der Waals surface area (Å²) in [5, 5.41) is 2.45. The lowest BCUT2D eigenvalue weighted by Crippen LogP contribution is -1.97. The molecule has 0 saturated heterocycles. The second kappa shape index (κ2) is 11.5. The summed E-state index contributed by atoms with van der Waals surface area (Å²) in [6.45, 7) is 0. The van der Waals surface area contributed by atoms with E-state index in [1.807, 2.05) is 23.4 Å². The molecular weight excluding hydrogens is 573 g/mol. The number of aromatic nitrogens is 2. The lowest BCUT2D eigenvalue weighted by atomic mass is 9.78. The van der Waals surface area contributed by atoms with Gasteiger partial charge in [0.2, 0.25) is 0 Å². The molecule has 2 nitrogen and oxygen atoms in total. The van der Waals surface area contributed by atoms with Crippen LogP contribution in [0.5, 0.6) is 0 Å². The molecular formula is C40H26N2S2. The molecule has 2 heterocycles. The Morgan fingerprint density at radius 1 is 0.341 bits per heavy atom. The fourth-order valence-corrected chi connectivity index (χ4v) is 7.44. The zero-order valence-electron chi connectivity index (χ0n) is 23.7. The van der Waals surface area contributed by atoms with Crippen LogP contribution in [0.15, 0.2) is 157 Å². The van der Waals surface area contributed by atoms with Crippen LogP contribution in [-0.4, -0.2) is 9.97 Å².